The van der Waals surface area contributed by atoms with Gasteiger partial charge in [-0.3, -0.25) is 9.00 Å². The quantitative estimate of drug-likeness (QED) is 0.736. The molecule has 0 aromatic heterocycles. The lowest BCUT2D eigenvalue weighted by molar-refractivity contribution is 0.0951. The number of ether oxygens (including phenoxy) is 1. The number of methoxy groups -OCH3 is 1. The summed E-state index contributed by atoms with van der Waals surface area (Å²) < 4.78 is 28.7. The Hall–Kier alpha value is -2.09. The van der Waals surface area contributed by atoms with Crippen molar-refractivity contribution in [1.82, 2.24) is 5.32 Å². The number of hydrogen-bond donors (Lipinski definition) is 2. The van der Waals surface area contributed by atoms with Crippen LogP contribution < -0.4 is 14.8 Å². The molecule has 2 aromatic carbocycles. The number of amides is 1. The van der Waals surface area contributed by atoms with Crippen LogP contribution in [0.25, 0.3) is 0 Å². The first-order chi connectivity index (χ1) is 11.5. The fourth-order valence-corrected chi connectivity index (χ4v) is 2.77. The number of hydrogen-bond acceptors (Lipinski definition) is 4. The molecular formula is C16H16ClN2O4S-. The fraction of sp³-hybridized carbons (Fsp3) is 0.188. The molecule has 6 nitrogen and oxygen atoms in total. The van der Waals surface area contributed by atoms with Gasteiger partial charge in [0.1, 0.15) is 5.75 Å². The predicted molar refractivity (Wildman–Crippen MR) is 93.0 cm³/mol. The van der Waals surface area contributed by atoms with Crippen LogP contribution in [0.1, 0.15) is 15.9 Å². The number of anilines is 1. The van der Waals surface area contributed by atoms with Gasteiger partial charge in [-0.05, 0) is 36.2 Å². The largest absolute Gasteiger partial charge is 0.755 e. The zero-order valence-corrected chi connectivity index (χ0v) is 14.4. The van der Waals surface area contributed by atoms with Crippen molar-refractivity contribution in [2.75, 3.05) is 18.4 Å². The van der Waals surface area contributed by atoms with E-state index in [2.05, 4.69) is 10.0 Å². The summed E-state index contributed by atoms with van der Waals surface area (Å²) >= 11 is 3.64. The molecule has 24 heavy (non-hydrogen) atoms. The van der Waals surface area contributed by atoms with E-state index in [0.717, 1.165) is 5.56 Å². The molecule has 2 aromatic rings. The van der Waals surface area contributed by atoms with Crippen molar-refractivity contribution >= 4 is 34.5 Å². The summed E-state index contributed by atoms with van der Waals surface area (Å²) in [5.41, 5.74) is 1.73. The molecule has 0 radical (unpaired) electrons. The highest BCUT2D eigenvalue weighted by Crippen LogP contribution is 2.28. The van der Waals surface area contributed by atoms with E-state index in [1.54, 1.807) is 36.4 Å². The van der Waals surface area contributed by atoms with Gasteiger partial charge >= 0.3 is 0 Å². The third kappa shape index (κ3) is 4.95. The van der Waals surface area contributed by atoms with Gasteiger partial charge in [-0.15, -0.1) is 0 Å². The van der Waals surface area contributed by atoms with Crippen molar-refractivity contribution in [3.8, 4) is 5.75 Å². The first-order valence-electron chi connectivity index (χ1n) is 7.07. The Kier molecular flexibility index (Phi) is 6.60. The minimum absolute atomic E-state index is 0.288. The molecule has 0 aliphatic carbocycles. The number of benzene rings is 2. The van der Waals surface area contributed by atoms with Crippen LogP contribution >= 0.6 is 11.6 Å². The van der Waals surface area contributed by atoms with E-state index in [4.69, 9.17) is 16.3 Å². The van der Waals surface area contributed by atoms with Crippen LogP contribution in [0.5, 0.6) is 5.75 Å². The number of carbonyl (C=O) groups is 1. The topological polar surface area (TPSA) is 90.5 Å². The third-order valence-corrected chi connectivity index (χ3v) is 3.94. The lowest BCUT2D eigenvalue weighted by Crippen LogP contribution is -2.26. The second kappa shape index (κ2) is 8.68. The van der Waals surface area contributed by atoms with Gasteiger partial charge < -0.3 is 19.3 Å². The average molecular weight is 368 g/mol. The summed E-state index contributed by atoms with van der Waals surface area (Å²) in [4.78, 5) is 12.2. The van der Waals surface area contributed by atoms with E-state index in [9.17, 15) is 13.6 Å². The maximum Gasteiger partial charge on any atom is 0.255 e. The molecule has 128 valence electrons. The zero-order chi connectivity index (χ0) is 17.5. The summed E-state index contributed by atoms with van der Waals surface area (Å²) in [7, 11) is 1.45. The average Bonchev–Trinajstić information content (AvgIpc) is 2.54. The number of rotatable bonds is 7. The van der Waals surface area contributed by atoms with E-state index in [-0.39, 0.29) is 5.91 Å². The third-order valence-electron chi connectivity index (χ3n) is 3.24. The van der Waals surface area contributed by atoms with Gasteiger partial charge in [-0.2, -0.15) is 0 Å². The minimum Gasteiger partial charge on any atom is -0.755 e. The van der Waals surface area contributed by atoms with Crippen molar-refractivity contribution in [2.45, 2.75) is 6.42 Å². The SMILES string of the molecule is COc1c(Cl)cccc1C(=O)NCCc1cccc(NS(=O)[O-])c1. The molecule has 1 unspecified atom stereocenters. The number of carbonyl (C=O) groups excluding carboxylic acids is 1. The molecule has 1 atom stereocenters. The first-order valence-corrected chi connectivity index (χ1v) is 8.52. The van der Waals surface area contributed by atoms with Crippen LogP contribution in [-0.4, -0.2) is 28.3 Å². The molecule has 0 aliphatic rings. The number of halogens is 1. The summed E-state index contributed by atoms with van der Waals surface area (Å²) in [6, 6.07) is 11.9. The van der Waals surface area contributed by atoms with E-state index in [1.807, 2.05) is 6.07 Å². The molecule has 0 heterocycles. The van der Waals surface area contributed by atoms with Crippen LogP contribution in [0, 0.1) is 0 Å². The van der Waals surface area contributed by atoms with Crippen molar-refractivity contribution < 1.29 is 18.3 Å². The molecule has 2 rings (SSSR count). The standard InChI is InChI=1S/C16H17ClN2O4S/c1-23-15-13(6-3-7-14(15)17)16(20)18-9-8-11-4-2-5-12(10-11)19-24(21)22/h2-7,10,19H,8-9H2,1H3,(H,18,20)(H,21,22)/p-1. The van der Waals surface area contributed by atoms with Crippen LogP contribution in [0.2, 0.25) is 5.02 Å². The second-order valence-corrected chi connectivity index (χ2v) is 5.94. The summed E-state index contributed by atoms with van der Waals surface area (Å²) in [6.07, 6.45) is 0.551. The molecule has 0 bridgehead atoms. The van der Waals surface area contributed by atoms with Crippen LogP contribution in [0.15, 0.2) is 42.5 Å². The molecular weight excluding hydrogens is 352 g/mol. The molecule has 0 fully saturated rings. The molecule has 0 saturated carbocycles. The van der Waals surface area contributed by atoms with Gasteiger partial charge in [0.05, 0.1) is 17.7 Å². The Morgan fingerprint density at radius 1 is 1.29 bits per heavy atom. The smallest absolute Gasteiger partial charge is 0.255 e. The minimum atomic E-state index is -2.36. The lowest BCUT2D eigenvalue weighted by Gasteiger charge is -2.12. The molecule has 0 saturated heterocycles. The van der Waals surface area contributed by atoms with E-state index in [1.165, 1.54) is 7.11 Å². The lowest BCUT2D eigenvalue weighted by atomic mass is 10.1. The zero-order valence-electron chi connectivity index (χ0n) is 12.9. The van der Waals surface area contributed by atoms with E-state index in [0.29, 0.717) is 35.0 Å². The normalized spacial score (nSPS) is 11.6. The van der Waals surface area contributed by atoms with Gasteiger partial charge in [0.15, 0.2) is 0 Å². The number of para-hydroxylation sites is 1. The number of nitrogens with one attached hydrogen (secondary N) is 2. The fourth-order valence-electron chi connectivity index (χ4n) is 2.20. The first kappa shape index (κ1) is 18.3. The summed E-state index contributed by atoms with van der Waals surface area (Å²) in [5.74, 6) is 0.0464. The second-order valence-electron chi connectivity index (χ2n) is 4.86. The molecule has 0 aliphatic heterocycles. The van der Waals surface area contributed by atoms with Gasteiger partial charge in [0, 0.05) is 23.5 Å². The van der Waals surface area contributed by atoms with Crippen molar-refractivity contribution in [3.05, 3.63) is 58.6 Å². The van der Waals surface area contributed by atoms with Crippen molar-refractivity contribution in [1.29, 1.82) is 0 Å². The van der Waals surface area contributed by atoms with Crippen LogP contribution in [0.4, 0.5) is 5.69 Å². The Morgan fingerprint density at radius 2 is 2.04 bits per heavy atom. The Labute approximate surface area is 147 Å². The molecule has 1 amide bonds. The highest BCUT2D eigenvalue weighted by Gasteiger charge is 2.14. The summed E-state index contributed by atoms with van der Waals surface area (Å²) in [6.45, 7) is 0.387. The maximum atomic E-state index is 12.2. The van der Waals surface area contributed by atoms with Crippen LogP contribution in [0.3, 0.4) is 0 Å². The van der Waals surface area contributed by atoms with Gasteiger partial charge in [-0.25, -0.2) is 0 Å². The Bertz CT molecular complexity index is 755. The van der Waals surface area contributed by atoms with Crippen molar-refractivity contribution in [3.63, 3.8) is 0 Å². The highest BCUT2D eigenvalue weighted by molar-refractivity contribution is 7.80. The van der Waals surface area contributed by atoms with Gasteiger partial charge in [0.2, 0.25) is 0 Å². The Balaban J connectivity index is 1.96. The van der Waals surface area contributed by atoms with Crippen LogP contribution in [-0.2, 0) is 17.7 Å². The molecule has 8 heteroatoms. The summed E-state index contributed by atoms with van der Waals surface area (Å²) in [5, 5.41) is 3.16. The van der Waals surface area contributed by atoms with Gasteiger partial charge in [0.25, 0.3) is 5.91 Å². The molecule has 2 N–H and O–H groups in total. The predicted octanol–water partition coefficient (Wildman–Crippen LogP) is 2.53. The highest BCUT2D eigenvalue weighted by atomic mass is 35.5. The monoisotopic (exact) mass is 367 g/mol. The van der Waals surface area contributed by atoms with E-state index >= 15 is 0 Å². The van der Waals surface area contributed by atoms with E-state index < -0.39 is 11.3 Å². The maximum absolute atomic E-state index is 12.2. The Morgan fingerprint density at radius 3 is 2.75 bits per heavy atom. The molecule has 0 spiro atoms. The van der Waals surface area contributed by atoms with Gasteiger partial charge in [-0.1, -0.05) is 29.8 Å². The van der Waals surface area contributed by atoms with Crippen molar-refractivity contribution in [2.24, 2.45) is 0 Å².